The zero-order valence-corrected chi connectivity index (χ0v) is 13.4. The van der Waals surface area contributed by atoms with Crippen LogP contribution in [-0.2, 0) is 4.74 Å². The van der Waals surface area contributed by atoms with Crippen molar-refractivity contribution in [1.29, 1.82) is 0 Å². The molecule has 19 heavy (non-hydrogen) atoms. The molecule has 1 heterocycles. The summed E-state index contributed by atoms with van der Waals surface area (Å²) in [5, 5.41) is 9.98. The van der Waals surface area contributed by atoms with Crippen molar-refractivity contribution in [2.75, 3.05) is 18.1 Å². The van der Waals surface area contributed by atoms with Gasteiger partial charge in [0.2, 0.25) is 0 Å². The van der Waals surface area contributed by atoms with E-state index in [1.165, 1.54) is 0 Å². The molecule has 0 saturated carbocycles. The Balaban J connectivity index is 2.39. The van der Waals surface area contributed by atoms with Crippen LogP contribution in [0.15, 0.2) is 22.7 Å². The molecule has 3 atom stereocenters. The van der Waals surface area contributed by atoms with E-state index in [2.05, 4.69) is 40.7 Å². The fourth-order valence-electron chi connectivity index (χ4n) is 2.60. The van der Waals surface area contributed by atoms with Crippen molar-refractivity contribution in [2.45, 2.75) is 45.4 Å². The van der Waals surface area contributed by atoms with Crippen LogP contribution in [0.25, 0.3) is 0 Å². The zero-order valence-electron chi connectivity index (χ0n) is 11.8. The number of morpholine rings is 1. The molecule has 1 N–H and O–H groups in total. The molecule has 0 radical (unpaired) electrons. The molecule has 3 unspecified atom stereocenters. The highest BCUT2D eigenvalue weighted by molar-refractivity contribution is 9.10. The molecule has 1 aliphatic rings. The molecule has 1 saturated heterocycles. The van der Waals surface area contributed by atoms with Gasteiger partial charge < -0.3 is 14.7 Å². The number of aliphatic hydroxyl groups is 1. The Morgan fingerprint density at radius 1 is 1.53 bits per heavy atom. The van der Waals surface area contributed by atoms with E-state index in [1.54, 1.807) is 0 Å². The standard InChI is InChI=1S/C15H22BrNO2/c1-4-13-9-19-10(2)8-17(13)15-7-12(16)5-6-14(15)11(3)18/h5-7,10-11,13,18H,4,8-9H2,1-3H3. The number of hydrogen-bond donors (Lipinski definition) is 1. The number of halogens is 1. The van der Waals surface area contributed by atoms with E-state index in [4.69, 9.17) is 4.74 Å². The molecule has 4 heteroatoms. The summed E-state index contributed by atoms with van der Waals surface area (Å²) >= 11 is 3.53. The molecule has 0 amide bonds. The predicted molar refractivity (Wildman–Crippen MR) is 81.6 cm³/mol. The number of nitrogens with zero attached hydrogens (tertiary/aromatic N) is 1. The Kier molecular flexibility index (Phi) is 4.87. The van der Waals surface area contributed by atoms with Gasteiger partial charge in [-0.1, -0.05) is 28.9 Å². The van der Waals surface area contributed by atoms with Crippen molar-refractivity contribution in [3.8, 4) is 0 Å². The highest BCUT2D eigenvalue weighted by Crippen LogP contribution is 2.33. The summed E-state index contributed by atoms with van der Waals surface area (Å²) < 4.78 is 6.79. The van der Waals surface area contributed by atoms with E-state index < -0.39 is 6.10 Å². The van der Waals surface area contributed by atoms with Gasteiger partial charge in [0.15, 0.2) is 0 Å². The highest BCUT2D eigenvalue weighted by atomic mass is 79.9. The van der Waals surface area contributed by atoms with Gasteiger partial charge in [-0.25, -0.2) is 0 Å². The number of benzene rings is 1. The molecule has 1 fully saturated rings. The first-order valence-corrected chi connectivity index (χ1v) is 7.68. The summed E-state index contributed by atoms with van der Waals surface area (Å²) in [6.45, 7) is 7.71. The summed E-state index contributed by atoms with van der Waals surface area (Å²) in [5.74, 6) is 0. The Morgan fingerprint density at radius 2 is 2.26 bits per heavy atom. The molecule has 106 valence electrons. The van der Waals surface area contributed by atoms with Crippen LogP contribution in [0.3, 0.4) is 0 Å². The van der Waals surface area contributed by atoms with Crippen molar-refractivity contribution in [3.63, 3.8) is 0 Å². The van der Waals surface area contributed by atoms with Crippen LogP contribution in [0, 0.1) is 0 Å². The lowest BCUT2D eigenvalue weighted by atomic mass is 10.0. The summed E-state index contributed by atoms with van der Waals surface area (Å²) in [7, 11) is 0. The summed E-state index contributed by atoms with van der Waals surface area (Å²) in [6, 6.07) is 6.46. The molecule has 1 aromatic carbocycles. The first-order valence-electron chi connectivity index (χ1n) is 6.88. The number of aliphatic hydroxyl groups excluding tert-OH is 1. The molecule has 0 aliphatic carbocycles. The van der Waals surface area contributed by atoms with Gasteiger partial charge >= 0.3 is 0 Å². The van der Waals surface area contributed by atoms with E-state index >= 15 is 0 Å². The van der Waals surface area contributed by atoms with Crippen molar-refractivity contribution in [2.24, 2.45) is 0 Å². The minimum Gasteiger partial charge on any atom is -0.389 e. The van der Waals surface area contributed by atoms with Gasteiger partial charge in [0, 0.05) is 22.3 Å². The predicted octanol–water partition coefficient (Wildman–Crippen LogP) is 3.51. The van der Waals surface area contributed by atoms with Gasteiger partial charge in [0.1, 0.15) is 0 Å². The monoisotopic (exact) mass is 327 g/mol. The lowest BCUT2D eigenvalue weighted by Gasteiger charge is -2.41. The quantitative estimate of drug-likeness (QED) is 0.922. The topological polar surface area (TPSA) is 32.7 Å². The van der Waals surface area contributed by atoms with Crippen LogP contribution in [0.4, 0.5) is 5.69 Å². The SMILES string of the molecule is CCC1COC(C)CN1c1cc(Br)ccc1C(C)O. The minimum absolute atomic E-state index is 0.226. The Labute approximate surface area is 123 Å². The molecule has 1 aromatic rings. The number of rotatable bonds is 3. The van der Waals surface area contributed by atoms with Gasteiger partial charge in [0.25, 0.3) is 0 Å². The van der Waals surface area contributed by atoms with Crippen LogP contribution in [0.2, 0.25) is 0 Å². The smallest absolute Gasteiger partial charge is 0.0782 e. The van der Waals surface area contributed by atoms with Crippen LogP contribution < -0.4 is 4.90 Å². The fourth-order valence-corrected chi connectivity index (χ4v) is 2.95. The second-order valence-electron chi connectivity index (χ2n) is 5.24. The lowest BCUT2D eigenvalue weighted by molar-refractivity contribution is 0.0297. The number of ether oxygens (including phenoxy) is 1. The molecule has 2 rings (SSSR count). The maximum absolute atomic E-state index is 9.98. The molecule has 3 nitrogen and oxygen atoms in total. The first kappa shape index (κ1) is 14.8. The maximum Gasteiger partial charge on any atom is 0.0782 e. The van der Waals surface area contributed by atoms with E-state index in [0.717, 1.165) is 35.3 Å². The van der Waals surface area contributed by atoms with Gasteiger partial charge in [-0.2, -0.15) is 0 Å². The average Bonchev–Trinajstić information content (AvgIpc) is 2.38. The Morgan fingerprint density at radius 3 is 2.89 bits per heavy atom. The second-order valence-corrected chi connectivity index (χ2v) is 6.15. The third-order valence-electron chi connectivity index (χ3n) is 3.69. The molecule has 0 bridgehead atoms. The van der Waals surface area contributed by atoms with E-state index in [9.17, 15) is 5.11 Å². The Bertz CT molecular complexity index is 436. The molecule has 0 aromatic heterocycles. The van der Waals surface area contributed by atoms with E-state index in [0.29, 0.717) is 6.04 Å². The summed E-state index contributed by atoms with van der Waals surface area (Å²) in [6.07, 6.45) is 0.806. The largest absolute Gasteiger partial charge is 0.389 e. The van der Waals surface area contributed by atoms with Crippen LogP contribution in [0.1, 0.15) is 38.9 Å². The third-order valence-corrected chi connectivity index (χ3v) is 4.18. The summed E-state index contributed by atoms with van der Waals surface area (Å²) in [5.41, 5.74) is 2.10. The Hall–Kier alpha value is -0.580. The van der Waals surface area contributed by atoms with Crippen LogP contribution >= 0.6 is 15.9 Å². The highest BCUT2D eigenvalue weighted by Gasteiger charge is 2.28. The maximum atomic E-state index is 9.98. The first-order chi connectivity index (χ1) is 9.02. The third kappa shape index (κ3) is 3.30. The van der Waals surface area contributed by atoms with Gasteiger partial charge in [-0.15, -0.1) is 0 Å². The molecular formula is C15H22BrNO2. The zero-order chi connectivity index (χ0) is 14.0. The minimum atomic E-state index is -0.459. The summed E-state index contributed by atoms with van der Waals surface area (Å²) in [4.78, 5) is 2.38. The van der Waals surface area contributed by atoms with Gasteiger partial charge in [-0.05, 0) is 32.4 Å². The van der Waals surface area contributed by atoms with Crippen molar-refractivity contribution in [3.05, 3.63) is 28.2 Å². The van der Waals surface area contributed by atoms with Crippen LogP contribution in [-0.4, -0.2) is 30.4 Å². The van der Waals surface area contributed by atoms with E-state index in [-0.39, 0.29) is 6.10 Å². The van der Waals surface area contributed by atoms with Gasteiger partial charge in [0.05, 0.1) is 24.9 Å². The lowest BCUT2D eigenvalue weighted by Crippen LogP contribution is -2.49. The van der Waals surface area contributed by atoms with Crippen molar-refractivity contribution in [1.82, 2.24) is 0 Å². The average molecular weight is 328 g/mol. The molecule has 0 spiro atoms. The van der Waals surface area contributed by atoms with Crippen molar-refractivity contribution >= 4 is 21.6 Å². The molecular weight excluding hydrogens is 306 g/mol. The second kappa shape index (κ2) is 6.25. The van der Waals surface area contributed by atoms with Crippen molar-refractivity contribution < 1.29 is 9.84 Å². The normalized spacial score (nSPS) is 25.4. The van der Waals surface area contributed by atoms with Crippen LogP contribution in [0.5, 0.6) is 0 Å². The number of hydrogen-bond acceptors (Lipinski definition) is 3. The van der Waals surface area contributed by atoms with E-state index in [1.807, 2.05) is 19.1 Å². The number of anilines is 1. The molecule has 1 aliphatic heterocycles. The fraction of sp³-hybridized carbons (Fsp3) is 0.600. The van der Waals surface area contributed by atoms with Gasteiger partial charge in [-0.3, -0.25) is 0 Å².